The summed E-state index contributed by atoms with van der Waals surface area (Å²) in [5, 5.41) is 4.12. The summed E-state index contributed by atoms with van der Waals surface area (Å²) in [5.74, 6) is 3.24. The molecule has 164 valence electrons. The molecule has 0 saturated heterocycles. The number of aromatic nitrogens is 2. The lowest BCUT2D eigenvalue weighted by atomic mass is 10.1. The lowest BCUT2D eigenvalue weighted by Gasteiger charge is -2.17. The van der Waals surface area contributed by atoms with E-state index in [-0.39, 0.29) is 6.10 Å². The van der Waals surface area contributed by atoms with Crippen LogP contribution in [0.4, 0.5) is 0 Å². The van der Waals surface area contributed by atoms with Crippen LogP contribution < -0.4 is 18.9 Å². The average Bonchev–Trinajstić information content (AvgIpc) is 3.34. The molecule has 7 nitrogen and oxygen atoms in total. The summed E-state index contributed by atoms with van der Waals surface area (Å²) < 4.78 is 27.8. The predicted molar refractivity (Wildman–Crippen MR) is 120 cm³/mol. The fraction of sp³-hybridized carbons (Fsp3) is 0.200. The molecule has 0 fully saturated rings. The molecule has 1 aromatic heterocycles. The Kier molecular flexibility index (Phi) is 6.26. The van der Waals surface area contributed by atoms with E-state index in [0.717, 1.165) is 16.7 Å². The summed E-state index contributed by atoms with van der Waals surface area (Å²) >= 11 is 0. The van der Waals surface area contributed by atoms with Gasteiger partial charge in [-0.1, -0.05) is 35.5 Å². The van der Waals surface area contributed by atoms with E-state index in [1.807, 2.05) is 61.5 Å². The Morgan fingerprint density at radius 2 is 1.34 bits per heavy atom. The predicted octanol–water partition coefficient (Wildman–Crippen LogP) is 5.57. The van der Waals surface area contributed by atoms with Crippen molar-refractivity contribution in [1.82, 2.24) is 10.1 Å². The van der Waals surface area contributed by atoms with Gasteiger partial charge in [-0.25, -0.2) is 0 Å². The molecular weight excluding hydrogens is 408 g/mol. The van der Waals surface area contributed by atoms with E-state index in [4.69, 9.17) is 23.5 Å². The van der Waals surface area contributed by atoms with Crippen LogP contribution in [0.5, 0.6) is 23.0 Å². The van der Waals surface area contributed by atoms with Crippen LogP contribution in [-0.4, -0.2) is 31.5 Å². The molecule has 4 aromatic rings. The Morgan fingerprint density at radius 3 is 2.06 bits per heavy atom. The van der Waals surface area contributed by atoms with E-state index in [0.29, 0.717) is 34.7 Å². The highest BCUT2D eigenvalue weighted by atomic mass is 16.5. The molecule has 0 amide bonds. The second-order valence-electron chi connectivity index (χ2n) is 7.03. The van der Waals surface area contributed by atoms with Crippen LogP contribution in [0.1, 0.15) is 18.6 Å². The van der Waals surface area contributed by atoms with Crippen molar-refractivity contribution in [2.24, 2.45) is 0 Å². The van der Waals surface area contributed by atoms with Gasteiger partial charge in [0.2, 0.25) is 5.82 Å². The van der Waals surface area contributed by atoms with Gasteiger partial charge in [0.05, 0.1) is 21.3 Å². The molecule has 0 spiro atoms. The Labute approximate surface area is 186 Å². The highest BCUT2D eigenvalue weighted by Crippen LogP contribution is 2.36. The van der Waals surface area contributed by atoms with Gasteiger partial charge in [0.1, 0.15) is 6.10 Å². The fourth-order valence-electron chi connectivity index (χ4n) is 3.31. The summed E-state index contributed by atoms with van der Waals surface area (Å²) in [6.45, 7) is 2.00. The maximum Gasteiger partial charge on any atom is 0.258 e. The summed E-state index contributed by atoms with van der Waals surface area (Å²) in [4.78, 5) is 4.52. The number of ether oxygens (including phenoxy) is 4. The molecule has 3 aromatic carbocycles. The zero-order chi connectivity index (χ0) is 22.5. The second-order valence-corrected chi connectivity index (χ2v) is 7.03. The first-order chi connectivity index (χ1) is 15.6. The van der Waals surface area contributed by atoms with Crippen molar-refractivity contribution in [3.8, 4) is 45.8 Å². The molecule has 0 N–H and O–H groups in total. The van der Waals surface area contributed by atoms with Crippen molar-refractivity contribution in [2.45, 2.75) is 13.0 Å². The van der Waals surface area contributed by atoms with Crippen LogP contribution in [0.15, 0.2) is 71.3 Å². The van der Waals surface area contributed by atoms with E-state index in [1.165, 1.54) is 0 Å². The minimum absolute atomic E-state index is 0.127. The molecule has 4 rings (SSSR count). The normalized spacial score (nSPS) is 11.6. The summed E-state index contributed by atoms with van der Waals surface area (Å²) in [6.07, 6.45) is -0.127. The van der Waals surface area contributed by atoms with E-state index in [2.05, 4.69) is 10.1 Å². The average molecular weight is 432 g/mol. The maximum absolute atomic E-state index is 6.12. The Hall–Kier alpha value is -4.00. The van der Waals surface area contributed by atoms with Crippen LogP contribution in [0, 0.1) is 0 Å². The Bertz CT molecular complexity index is 1190. The number of hydrogen-bond donors (Lipinski definition) is 0. The van der Waals surface area contributed by atoms with E-state index < -0.39 is 0 Å². The van der Waals surface area contributed by atoms with Crippen LogP contribution in [-0.2, 0) is 0 Å². The van der Waals surface area contributed by atoms with Crippen molar-refractivity contribution in [1.29, 1.82) is 0 Å². The molecule has 1 unspecified atom stereocenters. The monoisotopic (exact) mass is 432 g/mol. The molecule has 0 bridgehead atoms. The van der Waals surface area contributed by atoms with Gasteiger partial charge in [-0.05, 0) is 48.9 Å². The number of methoxy groups -OCH3 is 3. The molecule has 7 heteroatoms. The highest BCUT2D eigenvalue weighted by molar-refractivity contribution is 5.65. The minimum Gasteiger partial charge on any atom is -0.493 e. The topological polar surface area (TPSA) is 75.8 Å². The van der Waals surface area contributed by atoms with Gasteiger partial charge in [-0.2, -0.15) is 4.98 Å². The number of rotatable bonds is 8. The number of nitrogens with zero attached hydrogens (tertiary/aromatic N) is 2. The van der Waals surface area contributed by atoms with Crippen molar-refractivity contribution in [2.75, 3.05) is 21.3 Å². The van der Waals surface area contributed by atoms with Gasteiger partial charge in [-0.15, -0.1) is 0 Å². The SMILES string of the molecule is COc1ccc(-c2nc(-c3ccc(OC(C)c4ccccc4)c(OC)c3)no2)cc1OC. The van der Waals surface area contributed by atoms with E-state index in [9.17, 15) is 0 Å². The van der Waals surface area contributed by atoms with Crippen molar-refractivity contribution >= 4 is 0 Å². The van der Waals surface area contributed by atoms with E-state index >= 15 is 0 Å². The molecule has 0 aliphatic rings. The van der Waals surface area contributed by atoms with E-state index in [1.54, 1.807) is 33.5 Å². The summed E-state index contributed by atoms with van der Waals surface area (Å²) in [5.41, 5.74) is 2.55. The molecular formula is C25H24N2O5. The van der Waals surface area contributed by atoms with Gasteiger partial charge in [0.25, 0.3) is 5.89 Å². The van der Waals surface area contributed by atoms with Crippen LogP contribution in [0.2, 0.25) is 0 Å². The quantitative estimate of drug-likeness (QED) is 0.360. The molecule has 1 heterocycles. The Balaban J connectivity index is 1.58. The standard InChI is InChI=1S/C25H24N2O5/c1-16(17-8-6-5-7-9-17)31-21-13-10-18(14-23(21)30-4)24-26-25(32-27-24)19-11-12-20(28-2)22(15-19)29-3/h5-16H,1-4H3. The number of hydrogen-bond acceptors (Lipinski definition) is 7. The van der Waals surface area contributed by atoms with Crippen LogP contribution in [0.25, 0.3) is 22.8 Å². The van der Waals surface area contributed by atoms with Gasteiger partial charge < -0.3 is 23.5 Å². The molecule has 0 aliphatic carbocycles. The highest BCUT2D eigenvalue weighted by Gasteiger charge is 2.17. The first-order valence-corrected chi connectivity index (χ1v) is 10.1. The second kappa shape index (κ2) is 9.43. The van der Waals surface area contributed by atoms with Crippen molar-refractivity contribution in [3.63, 3.8) is 0 Å². The van der Waals surface area contributed by atoms with Crippen molar-refractivity contribution in [3.05, 3.63) is 72.3 Å². The fourth-order valence-corrected chi connectivity index (χ4v) is 3.31. The smallest absolute Gasteiger partial charge is 0.258 e. The molecule has 0 radical (unpaired) electrons. The first-order valence-electron chi connectivity index (χ1n) is 10.1. The van der Waals surface area contributed by atoms with Gasteiger partial charge in [-0.3, -0.25) is 0 Å². The van der Waals surface area contributed by atoms with Crippen LogP contribution in [0.3, 0.4) is 0 Å². The first kappa shape index (κ1) is 21.2. The minimum atomic E-state index is -0.127. The third-order valence-corrected chi connectivity index (χ3v) is 5.05. The maximum atomic E-state index is 6.12. The Morgan fingerprint density at radius 1 is 0.719 bits per heavy atom. The molecule has 32 heavy (non-hydrogen) atoms. The molecule has 0 aliphatic heterocycles. The molecule has 0 saturated carbocycles. The lowest BCUT2D eigenvalue weighted by molar-refractivity contribution is 0.216. The molecule has 1 atom stereocenters. The third kappa shape index (κ3) is 4.37. The summed E-state index contributed by atoms with van der Waals surface area (Å²) in [6, 6.07) is 21.0. The van der Waals surface area contributed by atoms with Crippen molar-refractivity contribution < 1.29 is 23.5 Å². The summed E-state index contributed by atoms with van der Waals surface area (Å²) in [7, 11) is 4.77. The third-order valence-electron chi connectivity index (χ3n) is 5.05. The van der Waals surface area contributed by atoms with Gasteiger partial charge in [0.15, 0.2) is 23.0 Å². The van der Waals surface area contributed by atoms with Gasteiger partial charge in [0, 0.05) is 11.1 Å². The largest absolute Gasteiger partial charge is 0.493 e. The van der Waals surface area contributed by atoms with Crippen LogP contribution >= 0.6 is 0 Å². The van der Waals surface area contributed by atoms with Gasteiger partial charge >= 0.3 is 0 Å². The number of benzene rings is 3. The zero-order valence-corrected chi connectivity index (χ0v) is 18.4. The zero-order valence-electron chi connectivity index (χ0n) is 18.4. The lowest BCUT2D eigenvalue weighted by Crippen LogP contribution is -2.04.